The zero-order valence-electron chi connectivity index (χ0n) is 9.72. The number of aromatic nitrogens is 2. The zero-order valence-corrected chi connectivity index (χ0v) is 9.72. The quantitative estimate of drug-likeness (QED) is 0.647. The number of rotatable bonds is 1. The SMILES string of the molecule is FC(F)(F)c1ccc2c(c1)ncn2-c1ccccc1. The Morgan fingerprint density at radius 3 is 2.37 bits per heavy atom. The van der Waals surface area contributed by atoms with E-state index in [2.05, 4.69) is 4.98 Å². The van der Waals surface area contributed by atoms with E-state index in [1.54, 1.807) is 4.57 Å². The molecule has 0 unspecified atom stereocenters. The van der Waals surface area contributed by atoms with Crippen molar-refractivity contribution in [2.75, 3.05) is 0 Å². The van der Waals surface area contributed by atoms with Gasteiger partial charge in [-0.2, -0.15) is 13.2 Å². The Morgan fingerprint density at radius 1 is 0.947 bits per heavy atom. The van der Waals surface area contributed by atoms with Gasteiger partial charge in [-0.1, -0.05) is 18.2 Å². The molecule has 1 heterocycles. The van der Waals surface area contributed by atoms with E-state index in [4.69, 9.17) is 0 Å². The lowest BCUT2D eigenvalue weighted by atomic mass is 10.2. The monoisotopic (exact) mass is 262 g/mol. The Hall–Kier alpha value is -2.30. The van der Waals surface area contributed by atoms with E-state index in [-0.39, 0.29) is 0 Å². The van der Waals surface area contributed by atoms with Gasteiger partial charge >= 0.3 is 6.18 Å². The zero-order chi connectivity index (χ0) is 13.5. The van der Waals surface area contributed by atoms with Crippen molar-refractivity contribution in [2.45, 2.75) is 6.18 Å². The second-order valence-electron chi connectivity index (χ2n) is 4.15. The number of fused-ring (bicyclic) bond motifs is 1. The van der Waals surface area contributed by atoms with E-state index in [0.717, 1.165) is 17.8 Å². The average Bonchev–Trinajstić information content (AvgIpc) is 2.81. The second kappa shape index (κ2) is 4.12. The van der Waals surface area contributed by atoms with Crippen molar-refractivity contribution in [1.82, 2.24) is 9.55 Å². The first-order chi connectivity index (χ1) is 9.05. The number of para-hydroxylation sites is 1. The molecule has 2 aromatic carbocycles. The van der Waals surface area contributed by atoms with E-state index < -0.39 is 11.7 Å². The summed E-state index contributed by atoms with van der Waals surface area (Å²) in [7, 11) is 0. The van der Waals surface area contributed by atoms with Gasteiger partial charge in [0, 0.05) is 5.69 Å². The molecule has 0 saturated carbocycles. The summed E-state index contributed by atoms with van der Waals surface area (Å²) < 4.78 is 39.6. The summed E-state index contributed by atoms with van der Waals surface area (Å²) >= 11 is 0. The van der Waals surface area contributed by atoms with E-state index in [0.29, 0.717) is 11.0 Å². The van der Waals surface area contributed by atoms with Gasteiger partial charge in [0.15, 0.2) is 0 Å². The van der Waals surface area contributed by atoms with E-state index in [1.807, 2.05) is 30.3 Å². The van der Waals surface area contributed by atoms with Gasteiger partial charge in [0.1, 0.15) is 6.33 Å². The van der Waals surface area contributed by atoms with Crippen molar-refractivity contribution in [1.29, 1.82) is 0 Å². The average molecular weight is 262 g/mol. The van der Waals surface area contributed by atoms with Gasteiger partial charge in [-0.25, -0.2) is 4.98 Å². The minimum Gasteiger partial charge on any atom is -0.299 e. The number of halogens is 3. The lowest BCUT2D eigenvalue weighted by Crippen LogP contribution is -2.04. The molecule has 5 heteroatoms. The number of benzene rings is 2. The molecule has 0 aliphatic rings. The fourth-order valence-corrected chi connectivity index (χ4v) is 1.98. The van der Waals surface area contributed by atoms with Crippen LogP contribution >= 0.6 is 0 Å². The number of hydrogen-bond acceptors (Lipinski definition) is 1. The molecule has 19 heavy (non-hydrogen) atoms. The van der Waals surface area contributed by atoms with Crippen molar-refractivity contribution < 1.29 is 13.2 Å². The van der Waals surface area contributed by atoms with Crippen LogP contribution in [0.1, 0.15) is 5.56 Å². The van der Waals surface area contributed by atoms with Crippen molar-refractivity contribution in [3.05, 3.63) is 60.4 Å². The Balaban J connectivity index is 2.16. The highest BCUT2D eigenvalue weighted by Gasteiger charge is 2.30. The highest BCUT2D eigenvalue weighted by atomic mass is 19.4. The maximum absolute atomic E-state index is 12.6. The first kappa shape index (κ1) is 11.8. The molecule has 0 bridgehead atoms. The standard InChI is InChI=1S/C14H9F3N2/c15-14(16,17)10-6-7-13-12(8-10)18-9-19(13)11-4-2-1-3-5-11/h1-9H. The van der Waals surface area contributed by atoms with Gasteiger partial charge in [0.2, 0.25) is 0 Å². The summed E-state index contributed by atoms with van der Waals surface area (Å²) in [5.41, 5.74) is 1.17. The van der Waals surface area contributed by atoms with Crippen LogP contribution in [0.5, 0.6) is 0 Å². The summed E-state index contributed by atoms with van der Waals surface area (Å²) in [6.07, 6.45) is -2.81. The van der Waals surface area contributed by atoms with Crippen LogP contribution in [-0.2, 0) is 6.18 Å². The van der Waals surface area contributed by atoms with Gasteiger partial charge in [-0.3, -0.25) is 4.57 Å². The third-order valence-electron chi connectivity index (χ3n) is 2.91. The largest absolute Gasteiger partial charge is 0.416 e. The molecule has 0 amide bonds. The van der Waals surface area contributed by atoms with E-state index in [1.165, 1.54) is 12.4 Å². The molecule has 0 radical (unpaired) electrons. The van der Waals surface area contributed by atoms with E-state index >= 15 is 0 Å². The molecule has 0 aliphatic carbocycles. The molecule has 3 aromatic rings. The number of imidazole rings is 1. The van der Waals surface area contributed by atoms with Crippen molar-refractivity contribution >= 4 is 11.0 Å². The molecule has 0 N–H and O–H groups in total. The van der Waals surface area contributed by atoms with Crippen molar-refractivity contribution in [3.8, 4) is 5.69 Å². The fourth-order valence-electron chi connectivity index (χ4n) is 1.98. The molecule has 0 saturated heterocycles. The summed E-state index contributed by atoms with van der Waals surface area (Å²) in [6.45, 7) is 0. The van der Waals surface area contributed by atoms with E-state index in [9.17, 15) is 13.2 Å². The Kier molecular flexibility index (Phi) is 2.55. The lowest BCUT2D eigenvalue weighted by molar-refractivity contribution is -0.137. The van der Waals surface area contributed by atoms with Crippen LogP contribution in [0.15, 0.2) is 54.9 Å². The van der Waals surface area contributed by atoms with Crippen LogP contribution in [0.3, 0.4) is 0 Å². The van der Waals surface area contributed by atoms with Crippen LogP contribution in [-0.4, -0.2) is 9.55 Å². The summed E-state index contributed by atoms with van der Waals surface area (Å²) in [6, 6.07) is 12.9. The highest BCUT2D eigenvalue weighted by Crippen LogP contribution is 2.31. The Morgan fingerprint density at radius 2 is 1.68 bits per heavy atom. The molecule has 0 aliphatic heterocycles. The Labute approximate surface area is 107 Å². The normalized spacial score (nSPS) is 11.9. The third kappa shape index (κ3) is 2.07. The molecule has 0 spiro atoms. The Bertz CT molecular complexity index is 714. The number of hydrogen-bond donors (Lipinski definition) is 0. The van der Waals surface area contributed by atoms with Crippen molar-refractivity contribution in [3.63, 3.8) is 0 Å². The minimum atomic E-state index is -4.34. The fraction of sp³-hybridized carbons (Fsp3) is 0.0714. The van der Waals surface area contributed by atoms with Crippen LogP contribution in [0.4, 0.5) is 13.2 Å². The van der Waals surface area contributed by atoms with Gasteiger partial charge in [-0.05, 0) is 30.3 Å². The smallest absolute Gasteiger partial charge is 0.299 e. The van der Waals surface area contributed by atoms with Gasteiger partial charge in [-0.15, -0.1) is 0 Å². The summed E-state index contributed by atoms with van der Waals surface area (Å²) in [5.74, 6) is 0. The van der Waals surface area contributed by atoms with Crippen LogP contribution < -0.4 is 0 Å². The summed E-state index contributed by atoms with van der Waals surface area (Å²) in [5, 5.41) is 0. The predicted molar refractivity (Wildman–Crippen MR) is 66.1 cm³/mol. The van der Waals surface area contributed by atoms with Crippen LogP contribution in [0.2, 0.25) is 0 Å². The molecule has 96 valence electrons. The molecule has 2 nitrogen and oxygen atoms in total. The number of alkyl halides is 3. The first-order valence-corrected chi connectivity index (χ1v) is 5.65. The molecular formula is C14H9F3N2. The minimum absolute atomic E-state index is 0.332. The second-order valence-corrected chi connectivity index (χ2v) is 4.15. The summed E-state index contributed by atoms with van der Waals surface area (Å²) in [4.78, 5) is 4.03. The highest BCUT2D eigenvalue weighted by molar-refractivity contribution is 5.78. The van der Waals surface area contributed by atoms with Crippen LogP contribution in [0, 0.1) is 0 Å². The topological polar surface area (TPSA) is 17.8 Å². The molecular weight excluding hydrogens is 253 g/mol. The molecule has 0 atom stereocenters. The number of nitrogens with zero attached hydrogens (tertiary/aromatic N) is 2. The maximum atomic E-state index is 12.6. The molecule has 1 aromatic heterocycles. The lowest BCUT2D eigenvalue weighted by Gasteiger charge is -2.07. The third-order valence-corrected chi connectivity index (χ3v) is 2.91. The van der Waals surface area contributed by atoms with Gasteiger partial charge in [0.05, 0.1) is 16.6 Å². The maximum Gasteiger partial charge on any atom is 0.416 e. The van der Waals surface area contributed by atoms with Crippen LogP contribution in [0.25, 0.3) is 16.7 Å². The van der Waals surface area contributed by atoms with Gasteiger partial charge in [0.25, 0.3) is 0 Å². The molecule has 0 fully saturated rings. The molecule has 3 rings (SSSR count). The first-order valence-electron chi connectivity index (χ1n) is 5.65. The van der Waals surface area contributed by atoms with Gasteiger partial charge < -0.3 is 0 Å². The predicted octanol–water partition coefficient (Wildman–Crippen LogP) is 4.04. The van der Waals surface area contributed by atoms with Crippen molar-refractivity contribution in [2.24, 2.45) is 0 Å².